The van der Waals surface area contributed by atoms with Gasteiger partial charge in [-0.1, -0.05) is 30.3 Å². The molecule has 0 saturated carbocycles. The van der Waals surface area contributed by atoms with Crippen molar-refractivity contribution in [2.45, 2.75) is 25.8 Å². The van der Waals surface area contributed by atoms with Crippen LogP contribution in [0.1, 0.15) is 30.1 Å². The molecular formula is C23H22N2O6. The van der Waals surface area contributed by atoms with Crippen LogP contribution >= 0.6 is 0 Å². The van der Waals surface area contributed by atoms with Gasteiger partial charge in [-0.3, -0.25) is 14.4 Å². The monoisotopic (exact) mass is 422 g/mol. The maximum absolute atomic E-state index is 12.6. The molecule has 1 heterocycles. The Morgan fingerprint density at radius 2 is 1.84 bits per heavy atom. The highest BCUT2D eigenvalue weighted by Gasteiger charge is 2.17. The van der Waals surface area contributed by atoms with Crippen LogP contribution in [0, 0.1) is 0 Å². The van der Waals surface area contributed by atoms with E-state index in [4.69, 9.17) is 9.52 Å². The summed E-state index contributed by atoms with van der Waals surface area (Å²) in [6.45, 7) is 1.74. The maximum atomic E-state index is 12.6. The van der Waals surface area contributed by atoms with Crippen molar-refractivity contribution in [3.63, 3.8) is 0 Å². The second-order valence-corrected chi connectivity index (χ2v) is 7.05. The number of carboxylic acid groups (broad SMARTS) is 1. The second kappa shape index (κ2) is 9.71. The summed E-state index contributed by atoms with van der Waals surface area (Å²) in [4.78, 5) is 47.6. The fraction of sp³-hybridized carbons (Fsp3) is 0.217. The Labute approximate surface area is 177 Å². The number of aliphatic carboxylic acids is 1. The molecule has 160 valence electrons. The third-order valence-corrected chi connectivity index (χ3v) is 4.68. The molecule has 0 bridgehead atoms. The molecule has 31 heavy (non-hydrogen) atoms. The van der Waals surface area contributed by atoms with Crippen LogP contribution in [-0.2, 0) is 9.59 Å². The molecule has 1 unspecified atom stereocenters. The number of hydrogen-bond acceptors (Lipinski definition) is 5. The summed E-state index contributed by atoms with van der Waals surface area (Å²) in [6.07, 6.45) is 0.259. The van der Waals surface area contributed by atoms with Gasteiger partial charge in [0.2, 0.25) is 5.91 Å². The molecule has 1 atom stereocenters. The predicted molar refractivity (Wildman–Crippen MR) is 115 cm³/mol. The van der Waals surface area contributed by atoms with E-state index in [1.807, 2.05) is 12.1 Å². The zero-order valence-corrected chi connectivity index (χ0v) is 16.9. The maximum Gasteiger partial charge on any atom is 0.344 e. The summed E-state index contributed by atoms with van der Waals surface area (Å²) in [5, 5.41) is 14.6. The van der Waals surface area contributed by atoms with Crippen LogP contribution in [0.25, 0.3) is 22.1 Å². The Hall–Kier alpha value is -3.94. The van der Waals surface area contributed by atoms with Crippen LogP contribution in [0.3, 0.4) is 0 Å². The molecule has 0 saturated heterocycles. The number of carboxylic acids is 1. The minimum absolute atomic E-state index is 0.0451. The van der Waals surface area contributed by atoms with Gasteiger partial charge < -0.3 is 20.2 Å². The van der Waals surface area contributed by atoms with Gasteiger partial charge in [-0.05, 0) is 43.2 Å². The van der Waals surface area contributed by atoms with Gasteiger partial charge in [0.25, 0.3) is 5.91 Å². The summed E-state index contributed by atoms with van der Waals surface area (Å²) in [5.74, 6) is -1.82. The minimum Gasteiger partial charge on any atom is -0.481 e. The normalized spacial score (nSPS) is 11.6. The molecular weight excluding hydrogens is 400 g/mol. The standard InChI is InChI=1S/C23H22N2O6/c1-14(21(28)24-11-5-10-20(26)27)25-22(29)17-8-4-7-15(12-17)18-13-16-6-2-3-9-19(16)31-23(18)30/h2-4,6-9,12-14H,5,10-11H2,1H3,(H,24,28)(H,25,29)(H,26,27). The van der Waals surface area contributed by atoms with Crippen LogP contribution in [0.15, 0.2) is 63.8 Å². The van der Waals surface area contributed by atoms with Crippen molar-refractivity contribution >= 4 is 28.8 Å². The van der Waals surface area contributed by atoms with E-state index in [2.05, 4.69) is 10.6 Å². The lowest BCUT2D eigenvalue weighted by Crippen LogP contribution is -2.45. The largest absolute Gasteiger partial charge is 0.481 e. The van der Waals surface area contributed by atoms with Crippen molar-refractivity contribution in [1.82, 2.24) is 10.6 Å². The van der Waals surface area contributed by atoms with E-state index in [1.165, 1.54) is 6.92 Å². The van der Waals surface area contributed by atoms with Gasteiger partial charge in [0.15, 0.2) is 0 Å². The molecule has 0 aliphatic carbocycles. The molecule has 8 nitrogen and oxygen atoms in total. The molecule has 0 spiro atoms. The lowest BCUT2D eigenvalue weighted by atomic mass is 10.0. The van der Waals surface area contributed by atoms with Crippen molar-refractivity contribution in [2.24, 2.45) is 0 Å². The van der Waals surface area contributed by atoms with E-state index in [0.29, 0.717) is 23.1 Å². The number of carbonyl (C=O) groups is 3. The smallest absolute Gasteiger partial charge is 0.344 e. The summed E-state index contributed by atoms with van der Waals surface area (Å²) in [6, 6.07) is 14.5. The molecule has 3 rings (SSSR count). The fourth-order valence-corrected chi connectivity index (χ4v) is 3.04. The first-order valence-corrected chi connectivity index (χ1v) is 9.79. The Morgan fingerprint density at radius 1 is 1.06 bits per heavy atom. The van der Waals surface area contributed by atoms with E-state index in [1.54, 1.807) is 42.5 Å². The lowest BCUT2D eigenvalue weighted by molar-refractivity contribution is -0.137. The van der Waals surface area contributed by atoms with Crippen LogP contribution in [0.5, 0.6) is 0 Å². The first kappa shape index (κ1) is 21.8. The van der Waals surface area contributed by atoms with Gasteiger partial charge in [-0.15, -0.1) is 0 Å². The van der Waals surface area contributed by atoms with E-state index in [-0.39, 0.29) is 18.5 Å². The first-order valence-electron chi connectivity index (χ1n) is 9.79. The molecule has 0 radical (unpaired) electrons. The Balaban J connectivity index is 1.70. The number of amides is 2. The SMILES string of the molecule is CC(NC(=O)c1cccc(-c2cc3ccccc3oc2=O)c1)C(=O)NCCCC(=O)O. The van der Waals surface area contributed by atoms with E-state index < -0.39 is 29.5 Å². The molecule has 8 heteroatoms. The zero-order chi connectivity index (χ0) is 22.4. The van der Waals surface area contributed by atoms with Crippen molar-refractivity contribution in [3.05, 3.63) is 70.6 Å². The Kier molecular flexibility index (Phi) is 6.81. The molecule has 3 aromatic rings. The van der Waals surface area contributed by atoms with Gasteiger partial charge in [0.1, 0.15) is 11.6 Å². The van der Waals surface area contributed by atoms with Crippen LogP contribution < -0.4 is 16.3 Å². The van der Waals surface area contributed by atoms with E-state index in [9.17, 15) is 19.2 Å². The van der Waals surface area contributed by atoms with Gasteiger partial charge in [-0.25, -0.2) is 4.79 Å². The van der Waals surface area contributed by atoms with Crippen LogP contribution in [0.2, 0.25) is 0 Å². The third-order valence-electron chi connectivity index (χ3n) is 4.68. The Morgan fingerprint density at radius 3 is 2.61 bits per heavy atom. The van der Waals surface area contributed by atoms with Crippen molar-refractivity contribution in [3.8, 4) is 11.1 Å². The second-order valence-electron chi connectivity index (χ2n) is 7.05. The van der Waals surface area contributed by atoms with Crippen molar-refractivity contribution < 1.29 is 23.9 Å². The number of nitrogens with one attached hydrogen (secondary N) is 2. The predicted octanol–water partition coefficient (Wildman–Crippen LogP) is 2.56. The van der Waals surface area contributed by atoms with Gasteiger partial charge in [0.05, 0.1) is 5.56 Å². The van der Waals surface area contributed by atoms with Crippen LogP contribution in [0.4, 0.5) is 0 Å². The number of rotatable bonds is 8. The fourth-order valence-electron chi connectivity index (χ4n) is 3.04. The third kappa shape index (κ3) is 5.57. The van der Waals surface area contributed by atoms with Crippen LogP contribution in [-0.4, -0.2) is 35.5 Å². The highest BCUT2D eigenvalue weighted by molar-refractivity contribution is 5.98. The van der Waals surface area contributed by atoms with E-state index >= 15 is 0 Å². The van der Waals surface area contributed by atoms with Gasteiger partial charge in [0, 0.05) is 23.9 Å². The van der Waals surface area contributed by atoms with E-state index in [0.717, 1.165) is 5.39 Å². The highest BCUT2D eigenvalue weighted by atomic mass is 16.4. The molecule has 0 aliphatic rings. The number of fused-ring (bicyclic) bond motifs is 1. The molecule has 0 fully saturated rings. The zero-order valence-electron chi connectivity index (χ0n) is 16.9. The molecule has 1 aromatic heterocycles. The van der Waals surface area contributed by atoms with Crippen molar-refractivity contribution in [1.29, 1.82) is 0 Å². The molecule has 2 amide bonds. The number of hydrogen-bond donors (Lipinski definition) is 3. The Bertz CT molecular complexity index is 1180. The van der Waals surface area contributed by atoms with Crippen molar-refractivity contribution in [2.75, 3.05) is 6.54 Å². The quantitative estimate of drug-likeness (QED) is 0.378. The summed E-state index contributed by atoms with van der Waals surface area (Å²) < 4.78 is 5.36. The number of benzene rings is 2. The number of para-hydroxylation sites is 1. The summed E-state index contributed by atoms with van der Waals surface area (Å²) >= 11 is 0. The highest BCUT2D eigenvalue weighted by Crippen LogP contribution is 2.22. The molecule has 0 aliphatic heterocycles. The average molecular weight is 422 g/mol. The summed E-state index contributed by atoms with van der Waals surface area (Å²) in [5.41, 5.74) is 1.12. The summed E-state index contributed by atoms with van der Waals surface area (Å²) in [7, 11) is 0. The minimum atomic E-state index is -0.934. The number of carbonyl (C=O) groups excluding carboxylic acids is 2. The molecule has 3 N–H and O–H groups in total. The average Bonchev–Trinajstić information content (AvgIpc) is 2.76. The topological polar surface area (TPSA) is 126 Å². The first-order chi connectivity index (χ1) is 14.8. The van der Waals surface area contributed by atoms with Gasteiger partial charge in [-0.2, -0.15) is 0 Å². The molecule has 2 aromatic carbocycles. The van der Waals surface area contributed by atoms with Gasteiger partial charge >= 0.3 is 11.6 Å². The lowest BCUT2D eigenvalue weighted by Gasteiger charge is -2.14.